The number of alkyl halides is 3. The van der Waals surface area contributed by atoms with Crippen LogP contribution in [0.15, 0.2) is 36.4 Å². The van der Waals surface area contributed by atoms with E-state index in [0.29, 0.717) is 11.3 Å². The number of nitrogens with one attached hydrogen (secondary N) is 1. The number of benzene rings is 2. The van der Waals surface area contributed by atoms with Crippen LogP contribution in [-0.4, -0.2) is 19.1 Å². The van der Waals surface area contributed by atoms with E-state index in [1.54, 1.807) is 12.1 Å². The normalized spacial score (nSPS) is 11.6. The average Bonchev–Trinajstić information content (AvgIpc) is 2.60. The fourth-order valence-electron chi connectivity index (χ4n) is 2.31. The minimum Gasteiger partial charge on any atom is -0.496 e. The molecule has 0 radical (unpaired) electrons. The zero-order chi connectivity index (χ0) is 20.2. The number of hydrogen-bond acceptors (Lipinski definition) is 3. The van der Waals surface area contributed by atoms with Crippen molar-refractivity contribution in [1.82, 2.24) is 0 Å². The van der Waals surface area contributed by atoms with Crippen LogP contribution in [-0.2, 0) is 17.5 Å². The van der Waals surface area contributed by atoms with Gasteiger partial charge in [0.2, 0.25) is 0 Å². The first-order valence-electron chi connectivity index (χ1n) is 8.08. The maximum Gasteiger partial charge on any atom is 0.417 e. The lowest BCUT2D eigenvalue weighted by molar-refractivity contribution is -0.137. The van der Waals surface area contributed by atoms with Gasteiger partial charge < -0.3 is 14.8 Å². The quantitative estimate of drug-likeness (QED) is 0.690. The van der Waals surface area contributed by atoms with Crippen LogP contribution in [0, 0.1) is 0 Å². The summed E-state index contributed by atoms with van der Waals surface area (Å²) in [6, 6.07) is 7.91. The van der Waals surface area contributed by atoms with Gasteiger partial charge in [0.15, 0.2) is 0 Å². The van der Waals surface area contributed by atoms with Gasteiger partial charge in [-0.25, -0.2) is 0 Å². The summed E-state index contributed by atoms with van der Waals surface area (Å²) in [5.41, 5.74) is -0.0946. The van der Waals surface area contributed by atoms with E-state index in [0.717, 1.165) is 12.1 Å². The fraction of sp³-hybridized carbons (Fsp3) is 0.316. The van der Waals surface area contributed by atoms with Crippen LogP contribution in [0.5, 0.6) is 5.75 Å². The molecule has 0 spiro atoms. The molecular weight excluding hydrogens is 383 g/mol. The van der Waals surface area contributed by atoms with Gasteiger partial charge in [-0.05, 0) is 50.2 Å². The second-order valence-corrected chi connectivity index (χ2v) is 6.44. The zero-order valence-electron chi connectivity index (χ0n) is 15.0. The third-order valence-electron chi connectivity index (χ3n) is 3.64. The molecule has 0 unspecified atom stereocenters. The van der Waals surface area contributed by atoms with Gasteiger partial charge in [-0.2, -0.15) is 13.2 Å². The molecule has 0 fully saturated rings. The SMILES string of the molecule is COc1ccc(C(=O)Nc2ccc(Cl)c(C(F)(F)F)c2)cc1COC(C)C. The molecule has 0 aromatic heterocycles. The number of amides is 1. The Hall–Kier alpha value is -2.25. The number of hydrogen-bond donors (Lipinski definition) is 1. The van der Waals surface area contributed by atoms with Crippen LogP contribution in [0.1, 0.15) is 35.3 Å². The topological polar surface area (TPSA) is 47.6 Å². The van der Waals surface area contributed by atoms with Crippen LogP contribution >= 0.6 is 11.6 Å². The molecule has 4 nitrogen and oxygen atoms in total. The van der Waals surface area contributed by atoms with Crippen molar-refractivity contribution >= 4 is 23.2 Å². The van der Waals surface area contributed by atoms with Gasteiger partial charge in [0, 0.05) is 16.8 Å². The highest BCUT2D eigenvalue weighted by atomic mass is 35.5. The van der Waals surface area contributed by atoms with Gasteiger partial charge in [-0.15, -0.1) is 0 Å². The third-order valence-corrected chi connectivity index (χ3v) is 3.97. The van der Waals surface area contributed by atoms with Crippen molar-refractivity contribution in [3.05, 3.63) is 58.1 Å². The molecule has 2 aromatic carbocycles. The number of anilines is 1. The Bertz CT molecular complexity index is 822. The van der Waals surface area contributed by atoms with Crippen LogP contribution in [0.3, 0.4) is 0 Å². The summed E-state index contributed by atoms with van der Waals surface area (Å²) in [5.74, 6) is -0.00283. The Morgan fingerprint density at radius 2 is 1.89 bits per heavy atom. The summed E-state index contributed by atoms with van der Waals surface area (Å²) in [7, 11) is 1.50. The highest BCUT2D eigenvalue weighted by Crippen LogP contribution is 2.36. The molecule has 2 aromatic rings. The van der Waals surface area contributed by atoms with Gasteiger partial charge in [0.05, 0.1) is 30.4 Å². The van der Waals surface area contributed by atoms with Crippen LogP contribution in [0.2, 0.25) is 5.02 Å². The number of ether oxygens (including phenoxy) is 2. The molecule has 27 heavy (non-hydrogen) atoms. The second kappa shape index (κ2) is 8.63. The summed E-state index contributed by atoms with van der Waals surface area (Å²) in [5, 5.41) is 2.02. The molecular formula is C19H19ClF3NO3. The predicted octanol–water partition coefficient (Wildman–Crippen LogP) is 5.54. The van der Waals surface area contributed by atoms with Gasteiger partial charge in [0.1, 0.15) is 5.75 Å². The molecule has 0 atom stereocenters. The molecule has 0 aliphatic rings. The van der Waals surface area contributed by atoms with Gasteiger partial charge in [0.25, 0.3) is 5.91 Å². The lowest BCUT2D eigenvalue weighted by Gasteiger charge is -2.14. The van der Waals surface area contributed by atoms with Gasteiger partial charge in [-0.3, -0.25) is 4.79 Å². The first-order chi connectivity index (χ1) is 12.6. The smallest absolute Gasteiger partial charge is 0.417 e. The largest absolute Gasteiger partial charge is 0.496 e. The monoisotopic (exact) mass is 401 g/mol. The molecule has 146 valence electrons. The Morgan fingerprint density at radius 3 is 2.48 bits per heavy atom. The minimum absolute atomic E-state index is 0.00692. The van der Waals surface area contributed by atoms with E-state index in [1.807, 2.05) is 13.8 Å². The lowest BCUT2D eigenvalue weighted by Crippen LogP contribution is -2.14. The van der Waals surface area contributed by atoms with Crippen LogP contribution in [0.4, 0.5) is 18.9 Å². The van der Waals surface area contributed by atoms with Crippen molar-refractivity contribution in [2.45, 2.75) is 32.7 Å². The van der Waals surface area contributed by atoms with Crippen molar-refractivity contribution < 1.29 is 27.4 Å². The third kappa shape index (κ3) is 5.61. The molecule has 2 rings (SSSR count). The Kier molecular flexibility index (Phi) is 6.73. The summed E-state index contributed by atoms with van der Waals surface area (Å²) in [4.78, 5) is 12.4. The van der Waals surface area contributed by atoms with E-state index in [4.69, 9.17) is 21.1 Å². The van der Waals surface area contributed by atoms with Crippen molar-refractivity contribution in [3.63, 3.8) is 0 Å². The first-order valence-corrected chi connectivity index (χ1v) is 8.46. The summed E-state index contributed by atoms with van der Waals surface area (Å²) >= 11 is 5.59. The average molecular weight is 402 g/mol. The standard InChI is InChI=1S/C19H19ClF3NO3/c1-11(2)27-10-13-8-12(4-7-17(13)26-3)18(25)24-14-5-6-16(20)15(9-14)19(21,22)23/h4-9,11H,10H2,1-3H3,(H,24,25). The van der Waals surface area contributed by atoms with Gasteiger partial charge >= 0.3 is 6.18 Å². The molecule has 1 N–H and O–H groups in total. The van der Waals surface area contributed by atoms with Crippen molar-refractivity contribution in [1.29, 1.82) is 0 Å². The first kappa shape index (κ1) is 21.1. The summed E-state index contributed by atoms with van der Waals surface area (Å²) in [6.07, 6.45) is -4.62. The van der Waals surface area contributed by atoms with Crippen LogP contribution < -0.4 is 10.1 Å². The van der Waals surface area contributed by atoms with E-state index >= 15 is 0 Å². The van der Waals surface area contributed by atoms with Crippen molar-refractivity contribution in [2.24, 2.45) is 0 Å². The summed E-state index contributed by atoms with van der Waals surface area (Å²) < 4.78 is 49.6. The van der Waals surface area contributed by atoms with Crippen LogP contribution in [0.25, 0.3) is 0 Å². The molecule has 0 aliphatic carbocycles. The Balaban J connectivity index is 2.24. The van der Waals surface area contributed by atoms with E-state index in [9.17, 15) is 18.0 Å². The molecule has 1 amide bonds. The second-order valence-electron chi connectivity index (χ2n) is 6.03. The number of methoxy groups -OCH3 is 1. The number of carbonyl (C=O) groups is 1. The highest BCUT2D eigenvalue weighted by molar-refractivity contribution is 6.31. The maximum absolute atomic E-state index is 13.0. The molecule has 0 saturated heterocycles. The molecule has 8 heteroatoms. The molecule has 0 saturated carbocycles. The Morgan fingerprint density at radius 1 is 1.19 bits per heavy atom. The van der Waals surface area contributed by atoms with E-state index < -0.39 is 22.7 Å². The van der Waals surface area contributed by atoms with E-state index in [2.05, 4.69) is 5.32 Å². The molecule has 0 bridgehead atoms. The fourth-order valence-corrected chi connectivity index (χ4v) is 2.54. The van der Waals surface area contributed by atoms with Crippen molar-refractivity contribution in [2.75, 3.05) is 12.4 Å². The number of halogens is 4. The predicted molar refractivity (Wildman–Crippen MR) is 97.3 cm³/mol. The van der Waals surface area contributed by atoms with Gasteiger partial charge in [-0.1, -0.05) is 11.6 Å². The highest BCUT2D eigenvalue weighted by Gasteiger charge is 2.33. The maximum atomic E-state index is 13.0. The van der Waals surface area contributed by atoms with E-state index in [1.165, 1.54) is 19.2 Å². The summed E-state index contributed by atoms with van der Waals surface area (Å²) in [6.45, 7) is 3.99. The zero-order valence-corrected chi connectivity index (χ0v) is 15.7. The van der Waals surface area contributed by atoms with Crippen molar-refractivity contribution in [3.8, 4) is 5.75 Å². The lowest BCUT2D eigenvalue weighted by atomic mass is 10.1. The van der Waals surface area contributed by atoms with E-state index in [-0.39, 0.29) is 24.0 Å². The molecule has 0 aliphatic heterocycles. The number of rotatable bonds is 6. The Labute approximate surface area is 160 Å². The minimum atomic E-state index is -4.61. The molecule has 0 heterocycles. The number of carbonyl (C=O) groups excluding carboxylic acids is 1.